The second-order valence-corrected chi connectivity index (χ2v) is 6.91. The number of fused-ring (bicyclic) bond motifs is 1. The first-order valence-corrected chi connectivity index (χ1v) is 8.03. The molecule has 0 bridgehead atoms. The Morgan fingerprint density at radius 3 is 2.71 bits per heavy atom. The van der Waals surface area contributed by atoms with Crippen LogP contribution in [0, 0.1) is 11.3 Å². The lowest BCUT2D eigenvalue weighted by molar-refractivity contribution is 0.0751. The molecule has 1 aromatic heterocycles. The third-order valence-electron chi connectivity index (χ3n) is 3.21. The lowest BCUT2D eigenvalue weighted by Crippen LogP contribution is -2.34. The van der Waals surface area contributed by atoms with Crippen LogP contribution in [0.25, 0.3) is 10.1 Å². The third kappa shape index (κ3) is 3.12. The average Bonchev–Trinajstić information content (AvgIpc) is 2.74. The zero-order valence-electron chi connectivity index (χ0n) is 11.3. The number of carbonyl (C=O) groups excluding carboxylic acids is 1. The van der Waals surface area contributed by atoms with Crippen molar-refractivity contribution in [2.24, 2.45) is 0 Å². The van der Waals surface area contributed by atoms with Crippen molar-refractivity contribution in [2.45, 2.75) is 19.4 Å². The summed E-state index contributed by atoms with van der Waals surface area (Å²) in [4.78, 5) is 14.4. The summed E-state index contributed by atoms with van der Waals surface area (Å²) in [5.41, 5.74) is 0. The predicted molar refractivity (Wildman–Crippen MR) is 88.6 cm³/mol. The van der Waals surface area contributed by atoms with Crippen LogP contribution in [-0.2, 0) is 0 Å². The average molecular weight is 362 g/mol. The Hall–Kier alpha value is -0.990. The number of thiophene rings is 1. The Bertz CT molecular complexity index is 751. The van der Waals surface area contributed by atoms with Crippen LogP contribution in [0.5, 0.6) is 0 Å². The maximum Gasteiger partial charge on any atom is 0.265 e. The van der Waals surface area contributed by atoms with E-state index in [1.165, 1.54) is 16.2 Å². The number of nitriles is 1. The van der Waals surface area contributed by atoms with Gasteiger partial charge in [0.15, 0.2) is 0 Å². The van der Waals surface area contributed by atoms with Crippen molar-refractivity contribution >= 4 is 62.1 Å². The standard InChI is InChI=1S/C14H11Cl3N2OS/c1-7(3-4-18)19(2)14(20)13-12(17)11-9(16)5-8(15)6-10(11)21-13/h5-7H,3H2,1-2H3. The van der Waals surface area contributed by atoms with E-state index in [-0.39, 0.29) is 18.4 Å². The molecule has 1 heterocycles. The minimum absolute atomic E-state index is 0.192. The number of carbonyl (C=O) groups is 1. The van der Waals surface area contributed by atoms with Gasteiger partial charge in [0.05, 0.1) is 22.5 Å². The second-order valence-electron chi connectivity index (χ2n) is 4.63. The van der Waals surface area contributed by atoms with Gasteiger partial charge in [-0.1, -0.05) is 34.8 Å². The Morgan fingerprint density at radius 1 is 1.43 bits per heavy atom. The molecule has 0 aliphatic rings. The van der Waals surface area contributed by atoms with E-state index in [1.54, 1.807) is 19.2 Å². The molecule has 1 amide bonds. The zero-order chi connectivity index (χ0) is 15.7. The van der Waals surface area contributed by atoms with Crippen LogP contribution in [0.4, 0.5) is 0 Å². The van der Waals surface area contributed by atoms with Gasteiger partial charge in [0.1, 0.15) is 4.88 Å². The van der Waals surface area contributed by atoms with Gasteiger partial charge in [0.25, 0.3) is 5.91 Å². The molecule has 1 aromatic carbocycles. The highest BCUT2D eigenvalue weighted by atomic mass is 35.5. The van der Waals surface area contributed by atoms with Crippen LogP contribution in [0.15, 0.2) is 12.1 Å². The van der Waals surface area contributed by atoms with E-state index in [0.29, 0.717) is 25.3 Å². The smallest absolute Gasteiger partial charge is 0.265 e. The molecule has 2 aromatic rings. The lowest BCUT2D eigenvalue weighted by atomic mass is 10.2. The SMILES string of the molecule is CC(CC#N)N(C)C(=O)c1sc2cc(Cl)cc(Cl)c2c1Cl. The molecule has 110 valence electrons. The highest BCUT2D eigenvalue weighted by Crippen LogP contribution is 2.41. The summed E-state index contributed by atoms with van der Waals surface area (Å²) in [6.07, 6.45) is 0.261. The minimum atomic E-state index is -0.226. The van der Waals surface area contributed by atoms with E-state index in [0.717, 1.165) is 4.70 Å². The molecule has 1 unspecified atom stereocenters. The predicted octanol–water partition coefficient (Wildman–Crippen LogP) is 5.24. The van der Waals surface area contributed by atoms with Crippen LogP contribution in [-0.4, -0.2) is 23.9 Å². The molecule has 0 aliphatic heterocycles. The van der Waals surface area contributed by atoms with Gasteiger partial charge in [-0.15, -0.1) is 11.3 Å². The summed E-state index contributed by atoms with van der Waals surface area (Å²) in [7, 11) is 1.65. The van der Waals surface area contributed by atoms with E-state index < -0.39 is 0 Å². The summed E-state index contributed by atoms with van der Waals surface area (Å²) in [6, 6.07) is 5.19. The molecule has 0 N–H and O–H groups in total. The first-order chi connectivity index (χ1) is 9.86. The molecule has 0 saturated heterocycles. The normalized spacial score (nSPS) is 12.2. The molecule has 0 radical (unpaired) electrons. The quantitative estimate of drug-likeness (QED) is 0.750. The van der Waals surface area contributed by atoms with Crippen molar-refractivity contribution in [2.75, 3.05) is 7.05 Å². The van der Waals surface area contributed by atoms with Crippen molar-refractivity contribution in [1.82, 2.24) is 4.90 Å². The molecule has 0 saturated carbocycles. The first-order valence-electron chi connectivity index (χ1n) is 6.08. The zero-order valence-corrected chi connectivity index (χ0v) is 14.4. The van der Waals surface area contributed by atoms with Gasteiger partial charge in [0, 0.05) is 28.2 Å². The van der Waals surface area contributed by atoms with E-state index in [1.807, 2.05) is 6.92 Å². The molecule has 0 aliphatic carbocycles. The van der Waals surface area contributed by atoms with E-state index in [4.69, 9.17) is 40.1 Å². The van der Waals surface area contributed by atoms with Gasteiger partial charge in [0.2, 0.25) is 0 Å². The molecule has 3 nitrogen and oxygen atoms in total. The molecule has 7 heteroatoms. The maximum atomic E-state index is 12.5. The van der Waals surface area contributed by atoms with Crippen LogP contribution >= 0.6 is 46.1 Å². The number of hydrogen-bond donors (Lipinski definition) is 0. The summed E-state index contributed by atoms with van der Waals surface area (Å²) >= 11 is 19.7. The number of rotatable bonds is 3. The van der Waals surface area contributed by atoms with Gasteiger partial charge in [-0.05, 0) is 19.1 Å². The number of hydrogen-bond acceptors (Lipinski definition) is 3. The number of amides is 1. The van der Waals surface area contributed by atoms with Crippen LogP contribution in [0.3, 0.4) is 0 Å². The fraction of sp³-hybridized carbons (Fsp3) is 0.286. The van der Waals surface area contributed by atoms with Gasteiger partial charge in [-0.2, -0.15) is 5.26 Å². The molecule has 21 heavy (non-hydrogen) atoms. The monoisotopic (exact) mass is 360 g/mol. The third-order valence-corrected chi connectivity index (χ3v) is 5.34. The van der Waals surface area contributed by atoms with Crippen LogP contribution < -0.4 is 0 Å². The topological polar surface area (TPSA) is 44.1 Å². The van der Waals surface area contributed by atoms with Crippen LogP contribution in [0.1, 0.15) is 23.0 Å². The van der Waals surface area contributed by atoms with Crippen molar-refractivity contribution < 1.29 is 4.79 Å². The number of halogens is 3. The van der Waals surface area contributed by atoms with Gasteiger partial charge in [-0.3, -0.25) is 4.79 Å². The number of benzene rings is 1. The highest BCUT2D eigenvalue weighted by molar-refractivity contribution is 7.21. The van der Waals surface area contributed by atoms with Gasteiger partial charge in [-0.25, -0.2) is 0 Å². The second kappa shape index (κ2) is 6.41. The van der Waals surface area contributed by atoms with Gasteiger partial charge < -0.3 is 4.90 Å². The minimum Gasteiger partial charge on any atom is -0.337 e. The summed E-state index contributed by atoms with van der Waals surface area (Å²) in [5, 5.41) is 10.6. The molecular formula is C14H11Cl3N2OS. The van der Waals surface area contributed by atoms with Crippen molar-refractivity contribution in [3.05, 3.63) is 32.1 Å². The summed E-state index contributed by atoms with van der Waals surface area (Å²) in [6.45, 7) is 1.81. The summed E-state index contributed by atoms with van der Waals surface area (Å²) < 4.78 is 0.766. The van der Waals surface area contributed by atoms with Crippen LogP contribution in [0.2, 0.25) is 15.1 Å². The van der Waals surface area contributed by atoms with E-state index >= 15 is 0 Å². The molecule has 1 atom stereocenters. The fourth-order valence-electron chi connectivity index (χ4n) is 1.88. The lowest BCUT2D eigenvalue weighted by Gasteiger charge is -2.22. The van der Waals surface area contributed by atoms with Crippen molar-refractivity contribution in [1.29, 1.82) is 5.26 Å². The fourth-order valence-corrected chi connectivity index (χ4v) is 4.23. The summed E-state index contributed by atoms with van der Waals surface area (Å²) in [5.74, 6) is -0.226. The maximum absolute atomic E-state index is 12.5. The Morgan fingerprint density at radius 2 is 2.10 bits per heavy atom. The Labute approximate surface area is 141 Å². The largest absolute Gasteiger partial charge is 0.337 e. The first kappa shape index (κ1) is 16.4. The molecular weight excluding hydrogens is 351 g/mol. The molecule has 0 spiro atoms. The Kier molecular flexibility index (Phi) is 5.00. The van der Waals surface area contributed by atoms with Crippen molar-refractivity contribution in [3.8, 4) is 6.07 Å². The van der Waals surface area contributed by atoms with E-state index in [9.17, 15) is 4.79 Å². The van der Waals surface area contributed by atoms with Crippen molar-refractivity contribution in [3.63, 3.8) is 0 Å². The van der Waals surface area contributed by atoms with Gasteiger partial charge >= 0.3 is 0 Å². The highest BCUT2D eigenvalue weighted by Gasteiger charge is 2.24. The number of nitrogens with zero attached hydrogens (tertiary/aromatic N) is 2. The molecule has 0 fully saturated rings. The van der Waals surface area contributed by atoms with E-state index in [2.05, 4.69) is 6.07 Å². The molecule has 2 rings (SSSR count). The Balaban J connectivity index is 2.48.